The maximum atomic E-state index is 13.7. The number of benzene rings is 1. The molecule has 1 amide bonds. The van der Waals surface area contributed by atoms with Crippen LogP contribution in [-0.2, 0) is 11.3 Å². The summed E-state index contributed by atoms with van der Waals surface area (Å²) in [7, 11) is 1.50. The average Bonchev–Trinajstić information content (AvgIpc) is 2.52. The minimum atomic E-state index is -0.354. The van der Waals surface area contributed by atoms with Gasteiger partial charge in [0.05, 0.1) is 7.11 Å². The highest BCUT2D eigenvalue weighted by Crippen LogP contribution is 2.18. The highest BCUT2D eigenvalue weighted by molar-refractivity contribution is 5.85. The van der Waals surface area contributed by atoms with Gasteiger partial charge in [0.15, 0.2) is 0 Å². The fraction of sp³-hybridized carbons (Fsp3) is 0.562. The second kappa shape index (κ2) is 9.64. The van der Waals surface area contributed by atoms with E-state index in [-0.39, 0.29) is 30.7 Å². The summed E-state index contributed by atoms with van der Waals surface area (Å²) in [5.74, 6) is 0.750. The Kier molecular flexibility index (Phi) is 8.20. The number of carbonyl (C=O) groups excluding carboxylic acids is 1. The van der Waals surface area contributed by atoms with Gasteiger partial charge in [0.2, 0.25) is 5.91 Å². The maximum absolute atomic E-state index is 13.7. The Labute approximate surface area is 137 Å². The molecule has 4 nitrogen and oxygen atoms in total. The van der Waals surface area contributed by atoms with Gasteiger partial charge in [-0.2, -0.15) is 0 Å². The molecule has 1 heterocycles. The van der Waals surface area contributed by atoms with Crippen LogP contribution in [0.5, 0.6) is 5.75 Å². The van der Waals surface area contributed by atoms with Gasteiger partial charge in [0.1, 0.15) is 11.6 Å². The fourth-order valence-electron chi connectivity index (χ4n) is 2.59. The first-order chi connectivity index (χ1) is 10.2. The topological polar surface area (TPSA) is 50.4 Å². The predicted molar refractivity (Wildman–Crippen MR) is 86.9 cm³/mol. The average molecular weight is 331 g/mol. The van der Waals surface area contributed by atoms with Gasteiger partial charge in [-0.1, -0.05) is 6.07 Å². The summed E-state index contributed by atoms with van der Waals surface area (Å²) >= 11 is 0. The van der Waals surface area contributed by atoms with Gasteiger partial charge in [-0.15, -0.1) is 12.4 Å². The second-order valence-corrected chi connectivity index (χ2v) is 5.47. The van der Waals surface area contributed by atoms with Crippen molar-refractivity contribution in [1.82, 2.24) is 10.6 Å². The van der Waals surface area contributed by atoms with Crippen molar-refractivity contribution in [2.75, 3.05) is 20.2 Å². The van der Waals surface area contributed by atoms with E-state index in [4.69, 9.17) is 4.74 Å². The zero-order valence-electron chi connectivity index (χ0n) is 12.9. The molecule has 6 heteroatoms. The van der Waals surface area contributed by atoms with Crippen molar-refractivity contribution < 1.29 is 13.9 Å². The molecule has 1 saturated heterocycles. The molecule has 0 bridgehead atoms. The van der Waals surface area contributed by atoms with Crippen molar-refractivity contribution in [2.24, 2.45) is 5.92 Å². The molecule has 1 aromatic rings. The summed E-state index contributed by atoms with van der Waals surface area (Å²) in [6.07, 6.45) is 3.71. The molecular weight excluding hydrogens is 307 g/mol. The summed E-state index contributed by atoms with van der Waals surface area (Å²) in [5.41, 5.74) is 0.478. The fourth-order valence-corrected chi connectivity index (χ4v) is 2.59. The summed E-state index contributed by atoms with van der Waals surface area (Å²) in [6.45, 7) is 2.31. The molecule has 0 aliphatic carbocycles. The molecule has 2 N–H and O–H groups in total. The smallest absolute Gasteiger partial charge is 0.220 e. The number of ether oxygens (including phenoxy) is 1. The minimum Gasteiger partial charge on any atom is -0.497 e. The summed E-state index contributed by atoms with van der Waals surface area (Å²) < 4.78 is 18.7. The van der Waals surface area contributed by atoms with Crippen LogP contribution >= 0.6 is 12.4 Å². The molecule has 0 spiro atoms. The highest BCUT2D eigenvalue weighted by Gasteiger charge is 2.14. The van der Waals surface area contributed by atoms with Crippen LogP contribution in [0.15, 0.2) is 18.2 Å². The first kappa shape index (κ1) is 18.7. The molecule has 1 aromatic carbocycles. The van der Waals surface area contributed by atoms with Crippen molar-refractivity contribution in [2.45, 2.75) is 32.2 Å². The third-order valence-electron chi connectivity index (χ3n) is 3.97. The number of amides is 1. The van der Waals surface area contributed by atoms with Crippen LogP contribution in [0.3, 0.4) is 0 Å². The van der Waals surface area contributed by atoms with Gasteiger partial charge in [-0.25, -0.2) is 4.39 Å². The van der Waals surface area contributed by atoms with Crippen molar-refractivity contribution in [3.05, 3.63) is 29.6 Å². The number of nitrogens with one attached hydrogen (secondary N) is 2. The number of rotatable bonds is 6. The van der Waals surface area contributed by atoms with Gasteiger partial charge in [0.25, 0.3) is 0 Å². The van der Waals surface area contributed by atoms with E-state index < -0.39 is 0 Å². The number of carbonyl (C=O) groups is 1. The Bertz CT molecular complexity index is 479. The van der Waals surface area contributed by atoms with Gasteiger partial charge in [0, 0.05) is 24.6 Å². The zero-order chi connectivity index (χ0) is 15.1. The van der Waals surface area contributed by atoms with Crippen LogP contribution in [0.4, 0.5) is 4.39 Å². The SMILES string of the molecule is COc1ccc(CNC(=O)CCC2CCNCC2)c(F)c1.Cl. The van der Waals surface area contributed by atoms with E-state index in [0.717, 1.165) is 32.4 Å². The second-order valence-electron chi connectivity index (χ2n) is 5.47. The number of halogens is 2. The van der Waals surface area contributed by atoms with Crippen molar-refractivity contribution in [3.63, 3.8) is 0 Å². The van der Waals surface area contributed by atoms with Crippen LogP contribution in [0.1, 0.15) is 31.2 Å². The van der Waals surface area contributed by atoms with Gasteiger partial charge < -0.3 is 15.4 Å². The van der Waals surface area contributed by atoms with Crippen LogP contribution in [0.2, 0.25) is 0 Å². The Morgan fingerprint density at radius 1 is 1.41 bits per heavy atom. The number of methoxy groups -OCH3 is 1. The van der Waals surface area contributed by atoms with E-state index in [0.29, 0.717) is 23.7 Å². The molecule has 0 atom stereocenters. The standard InChI is InChI=1S/C16H23FN2O2.ClH/c1-21-14-4-3-13(15(17)10-14)11-19-16(20)5-2-12-6-8-18-9-7-12;/h3-4,10,12,18H,2,5-9,11H2,1H3,(H,19,20);1H. The number of piperidine rings is 1. The Hall–Kier alpha value is -1.33. The van der Waals surface area contributed by atoms with E-state index >= 15 is 0 Å². The van der Waals surface area contributed by atoms with E-state index in [2.05, 4.69) is 10.6 Å². The minimum absolute atomic E-state index is 0. The largest absolute Gasteiger partial charge is 0.497 e. The Balaban J connectivity index is 0.00000242. The van der Waals surface area contributed by atoms with Crippen LogP contribution in [0, 0.1) is 11.7 Å². The van der Waals surface area contributed by atoms with E-state index in [1.165, 1.54) is 13.2 Å². The molecule has 0 aromatic heterocycles. The molecule has 1 aliphatic rings. The summed E-state index contributed by atoms with van der Waals surface area (Å²) in [6, 6.07) is 4.66. The highest BCUT2D eigenvalue weighted by atomic mass is 35.5. The Morgan fingerprint density at radius 2 is 2.14 bits per heavy atom. The first-order valence-electron chi connectivity index (χ1n) is 7.49. The zero-order valence-corrected chi connectivity index (χ0v) is 13.7. The molecule has 0 saturated carbocycles. The lowest BCUT2D eigenvalue weighted by Gasteiger charge is -2.22. The van der Waals surface area contributed by atoms with E-state index in [9.17, 15) is 9.18 Å². The summed E-state index contributed by atoms with van der Waals surface area (Å²) in [5, 5.41) is 6.09. The quantitative estimate of drug-likeness (QED) is 0.843. The third kappa shape index (κ3) is 5.81. The van der Waals surface area contributed by atoms with Crippen molar-refractivity contribution in [3.8, 4) is 5.75 Å². The number of hydrogen-bond donors (Lipinski definition) is 2. The molecule has 1 fully saturated rings. The molecular formula is C16H24ClFN2O2. The monoisotopic (exact) mass is 330 g/mol. The van der Waals surface area contributed by atoms with E-state index in [1.807, 2.05) is 0 Å². The van der Waals surface area contributed by atoms with Gasteiger partial charge >= 0.3 is 0 Å². The maximum Gasteiger partial charge on any atom is 0.220 e. The van der Waals surface area contributed by atoms with Crippen molar-refractivity contribution >= 4 is 18.3 Å². The molecule has 22 heavy (non-hydrogen) atoms. The van der Waals surface area contributed by atoms with Crippen molar-refractivity contribution in [1.29, 1.82) is 0 Å². The predicted octanol–water partition coefficient (Wildman–Crippen LogP) is 2.65. The van der Waals surface area contributed by atoms with Gasteiger partial charge in [-0.3, -0.25) is 4.79 Å². The molecule has 2 rings (SSSR count). The number of hydrogen-bond acceptors (Lipinski definition) is 3. The van der Waals surface area contributed by atoms with Crippen LogP contribution in [0.25, 0.3) is 0 Å². The normalized spacial score (nSPS) is 15.0. The van der Waals surface area contributed by atoms with Crippen LogP contribution < -0.4 is 15.4 Å². The molecule has 124 valence electrons. The molecule has 0 radical (unpaired) electrons. The third-order valence-corrected chi connectivity index (χ3v) is 3.97. The first-order valence-corrected chi connectivity index (χ1v) is 7.49. The molecule has 1 aliphatic heterocycles. The Morgan fingerprint density at radius 3 is 2.77 bits per heavy atom. The lowest BCUT2D eigenvalue weighted by Crippen LogP contribution is -2.29. The van der Waals surface area contributed by atoms with Crippen LogP contribution in [-0.4, -0.2) is 26.1 Å². The lowest BCUT2D eigenvalue weighted by atomic mass is 9.93. The van der Waals surface area contributed by atoms with Gasteiger partial charge in [-0.05, 0) is 44.3 Å². The van der Waals surface area contributed by atoms with E-state index in [1.54, 1.807) is 12.1 Å². The molecule has 0 unspecified atom stereocenters. The lowest BCUT2D eigenvalue weighted by molar-refractivity contribution is -0.121. The summed E-state index contributed by atoms with van der Waals surface area (Å²) in [4.78, 5) is 11.8.